The van der Waals surface area contributed by atoms with E-state index in [4.69, 9.17) is 18.9 Å². The van der Waals surface area contributed by atoms with E-state index in [1.807, 2.05) is 27.7 Å². The largest absolute Gasteiger partial charge is 0.459 e. The summed E-state index contributed by atoms with van der Waals surface area (Å²) in [7, 11) is 0. The third kappa shape index (κ3) is 4.95. The standard InChI is InChI=1S/C25H40O6/c1-22(2,16-10-12-24(5)18(14-16)28-24)30-20(26)8-7-9-21(27)31-23(3,4)17-11-13-25(6)19(15-17)29-25/h16-19H,7-15H2,1-6H3. The van der Waals surface area contributed by atoms with Crippen LogP contribution in [0.3, 0.4) is 0 Å². The molecule has 0 aromatic heterocycles. The molecule has 4 rings (SSSR count). The maximum absolute atomic E-state index is 12.4. The summed E-state index contributed by atoms with van der Waals surface area (Å²) in [4.78, 5) is 24.8. The van der Waals surface area contributed by atoms with Gasteiger partial charge in [-0.05, 0) is 86.5 Å². The average Bonchev–Trinajstić information content (AvgIpc) is 3.51. The Bertz CT molecular complexity index is 670. The molecule has 176 valence electrons. The van der Waals surface area contributed by atoms with Crippen LogP contribution in [0.2, 0.25) is 0 Å². The highest BCUT2D eigenvalue weighted by molar-refractivity contribution is 5.73. The maximum Gasteiger partial charge on any atom is 0.306 e. The first-order valence-corrected chi connectivity index (χ1v) is 12.1. The Hall–Kier alpha value is -1.14. The second kappa shape index (κ2) is 7.72. The van der Waals surface area contributed by atoms with Gasteiger partial charge in [-0.2, -0.15) is 0 Å². The molecule has 4 aliphatic rings. The second-order valence-electron chi connectivity index (χ2n) is 11.8. The molecule has 0 aromatic carbocycles. The van der Waals surface area contributed by atoms with Crippen molar-refractivity contribution in [2.24, 2.45) is 11.8 Å². The Morgan fingerprint density at radius 2 is 1.19 bits per heavy atom. The van der Waals surface area contributed by atoms with Crippen molar-refractivity contribution in [2.45, 2.75) is 134 Å². The summed E-state index contributed by atoms with van der Waals surface area (Å²) in [5.74, 6) is 0.158. The highest BCUT2D eigenvalue weighted by Crippen LogP contribution is 2.53. The van der Waals surface area contributed by atoms with Gasteiger partial charge in [-0.3, -0.25) is 9.59 Å². The van der Waals surface area contributed by atoms with Gasteiger partial charge in [-0.15, -0.1) is 0 Å². The first kappa shape index (κ1) is 23.0. The van der Waals surface area contributed by atoms with Crippen molar-refractivity contribution in [3.05, 3.63) is 0 Å². The van der Waals surface area contributed by atoms with Crippen LogP contribution in [0.25, 0.3) is 0 Å². The molecule has 2 saturated carbocycles. The Morgan fingerprint density at radius 3 is 1.55 bits per heavy atom. The summed E-state index contributed by atoms with van der Waals surface area (Å²) >= 11 is 0. The summed E-state index contributed by atoms with van der Waals surface area (Å²) in [5, 5.41) is 0. The van der Waals surface area contributed by atoms with Crippen molar-refractivity contribution in [1.29, 1.82) is 0 Å². The van der Waals surface area contributed by atoms with E-state index in [1.165, 1.54) is 0 Å². The first-order valence-electron chi connectivity index (χ1n) is 12.1. The van der Waals surface area contributed by atoms with E-state index in [9.17, 15) is 9.59 Å². The van der Waals surface area contributed by atoms with Crippen LogP contribution in [0.1, 0.15) is 99.3 Å². The number of rotatable bonds is 8. The number of fused-ring (bicyclic) bond motifs is 2. The minimum atomic E-state index is -0.507. The minimum absolute atomic E-state index is 0.0632. The molecule has 6 unspecified atom stereocenters. The lowest BCUT2D eigenvalue weighted by Crippen LogP contribution is -2.41. The van der Waals surface area contributed by atoms with Crippen LogP contribution in [0.4, 0.5) is 0 Å². The molecule has 6 nitrogen and oxygen atoms in total. The summed E-state index contributed by atoms with van der Waals surface area (Å²) in [6.45, 7) is 12.3. The van der Waals surface area contributed by atoms with Gasteiger partial charge in [-0.25, -0.2) is 0 Å². The number of hydrogen-bond donors (Lipinski definition) is 0. The smallest absolute Gasteiger partial charge is 0.306 e. The van der Waals surface area contributed by atoms with Crippen LogP contribution in [0.5, 0.6) is 0 Å². The zero-order valence-electron chi connectivity index (χ0n) is 20.1. The van der Waals surface area contributed by atoms with Gasteiger partial charge in [0.15, 0.2) is 0 Å². The van der Waals surface area contributed by atoms with Gasteiger partial charge in [0.25, 0.3) is 0 Å². The molecule has 0 amide bonds. The van der Waals surface area contributed by atoms with Crippen LogP contribution in [-0.4, -0.2) is 46.6 Å². The Kier molecular flexibility index (Phi) is 5.74. The molecule has 6 heteroatoms. The topological polar surface area (TPSA) is 77.7 Å². The predicted molar refractivity (Wildman–Crippen MR) is 115 cm³/mol. The highest BCUT2D eigenvalue weighted by atomic mass is 16.6. The normalized spacial score (nSPS) is 39.2. The van der Waals surface area contributed by atoms with Crippen molar-refractivity contribution in [3.8, 4) is 0 Å². The van der Waals surface area contributed by atoms with E-state index < -0.39 is 11.2 Å². The maximum atomic E-state index is 12.4. The Balaban J connectivity index is 1.16. The minimum Gasteiger partial charge on any atom is -0.459 e. The number of hydrogen-bond acceptors (Lipinski definition) is 6. The molecule has 2 aliphatic carbocycles. The van der Waals surface area contributed by atoms with Gasteiger partial charge < -0.3 is 18.9 Å². The summed E-state index contributed by atoms with van der Waals surface area (Å²) < 4.78 is 23.2. The van der Waals surface area contributed by atoms with Gasteiger partial charge in [0.2, 0.25) is 0 Å². The molecule has 31 heavy (non-hydrogen) atoms. The fourth-order valence-electron chi connectivity index (χ4n) is 5.79. The molecule has 0 bridgehead atoms. The van der Waals surface area contributed by atoms with Gasteiger partial charge >= 0.3 is 11.9 Å². The second-order valence-corrected chi connectivity index (χ2v) is 11.8. The predicted octanol–water partition coefficient (Wildman–Crippen LogP) is 4.72. The molecule has 2 heterocycles. The van der Waals surface area contributed by atoms with Crippen LogP contribution in [0.15, 0.2) is 0 Å². The first-order chi connectivity index (χ1) is 14.3. The molecule has 2 saturated heterocycles. The van der Waals surface area contributed by atoms with E-state index >= 15 is 0 Å². The van der Waals surface area contributed by atoms with Gasteiger partial charge in [0.05, 0.1) is 23.4 Å². The van der Waals surface area contributed by atoms with E-state index in [0.29, 0.717) is 30.5 Å². The molecule has 0 spiro atoms. The molecule has 0 aromatic rings. The van der Waals surface area contributed by atoms with Crippen LogP contribution < -0.4 is 0 Å². The summed E-state index contributed by atoms with van der Waals surface area (Å²) in [6.07, 6.45) is 7.53. The van der Waals surface area contributed by atoms with Crippen molar-refractivity contribution >= 4 is 11.9 Å². The summed E-state index contributed by atoms with van der Waals surface area (Å²) in [6, 6.07) is 0. The molecule has 0 radical (unpaired) electrons. The fraction of sp³-hybridized carbons (Fsp3) is 0.920. The molecule has 4 fully saturated rings. The van der Waals surface area contributed by atoms with E-state index in [2.05, 4.69) is 13.8 Å². The van der Waals surface area contributed by atoms with Crippen molar-refractivity contribution in [1.82, 2.24) is 0 Å². The lowest BCUT2D eigenvalue weighted by molar-refractivity contribution is -0.164. The third-order valence-corrected chi connectivity index (χ3v) is 8.53. The molecule has 2 aliphatic heterocycles. The van der Waals surface area contributed by atoms with Crippen molar-refractivity contribution in [3.63, 3.8) is 0 Å². The number of ether oxygens (including phenoxy) is 4. The zero-order chi connectivity index (χ0) is 22.7. The average molecular weight is 437 g/mol. The number of epoxide rings is 2. The van der Waals surface area contributed by atoms with Crippen molar-refractivity contribution < 1.29 is 28.5 Å². The lowest BCUT2D eigenvalue weighted by Gasteiger charge is -2.36. The zero-order valence-corrected chi connectivity index (χ0v) is 20.1. The Morgan fingerprint density at radius 1 is 0.806 bits per heavy atom. The summed E-state index contributed by atoms with van der Waals surface area (Å²) in [5.41, 5.74) is -0.887. The van der Waals surface area contributed by atoms with E-state index in [-0.39, 0.29) is 36.0 Å². The molecular formula is C25H40O6. The van der Waals surface area contributed by atoms with Gasteiger partial charge in [-0.1, -0.05) is 0 Å². The molecular weight excluding hydrogens is 396 g/mol. The van der Waals surface area contributed by atoms with E-state index in [0.717, 1.165) is 38.5 Å². The van der Waals surface area contributed by atoms with Crippen LogP contribution >= 0.6 is 0 Å². The highest BCUT2D eigenvalue weighted by Gasteiger charge is 2.58. The van der Waals surface area contributed by atoms with Crippen molar-refractivity contribution in [2.75, 3.05) is 0 Å². The van der Waals surface area contributed by atoms with E-state index in [1.54, 1.807) is 0 Å². The lowest BCUT2D eigenvalue weighted by atomic mass is 9.75. The van der Waals surface area contributed by atoms with Gasteiger partial charge in [0, 0.05) is 24.7 Å². The third-order valence-electron chi connectivity index (χ3n) is 8.53. The monoisotopic (exact) mass is 436 g/mol. The molecule has 6 atom stereocenters. The number of carbonyl (C=O) groups is 2. The Labute approximate surface area is 186 Å². The fourth-order valence-corrected chi connectivity index (χ4v) is 5.79. The SMILES string of the molecule is CC(C)(OC(=O)CCCC(=O)OC(C)(C)C1CCC2(C)OC2C1)C1CCC2(C)OC2C1. The number of carbonyl (C=O) groups excluding carboxylic acids is 2. The number of esters is 2. The van der Waals surface area contributed by atoms with Crippen LogP contribution in [0, 0.1) is 11.8 Å². The van der Waals surface area contributed by atoms with Crippen LogP contribution in [-0.2, 0) is 28.5 Å². The quantitative estimate of drug-likeness (QED) is 0.405. The van der Waals surface area contributed by atoms with Gasteiger partial charge in [0.1, 0.15) is 11.2 Å². The molecule has 0 N–H and O–H groups in total.